The van der Waals surface area contributed by atoms with E-state index in [1.165, 1.54) is 11.1 Å². The number of nitrogens with one attached hydrogen (secondary N) is 1. The van der Waals surface area contributed by atoms with Crippen LogP contribution in [-0.4, -0.2) is 44.8 Å². The fourth-order valence-corrected chi connectivity index (χ4v) is 2.76. The molecule has 1 rings (SSSR count). The van der Waals surface area contributed by atoms with E-state index in [0.29, 0.717) is 12.1 Å². The molecule has 0 aromatic heterocycles. The Morgan fingerprint density at radius 1 is 1.30 bits per heavy atom. The maximum absolute atomic E-state index is 5.27. The van der Waals surface area contributed by atoms with Gasteiger partial charge in [-0.05, 0) is 45.0 Å². The van der Waals surface area contributed by atoms with E-state index >= 15 is 0 Å². The lowest BCUT2D eigenvalue weighted by Crippen LogP contribution is -2.38. The summed E-state index contributed by atoms with van der Waals surface area (Å²) in [7, 11) is 3.82. The third kappa shape index (κ3) is 4.89. The highest BCUT2D eigenvalue weighted by Gasteiger charge is 2.16. The predicted molar refractivity (Wildman–Crippen MR) is 86.2 cm³/mol. The number of hydrogen-bond acceptors (Lipinski definition) is 3. The predicted octanol–water partition coefficient (Wildman–Crippen LogP) is 3.00. The summed E-state index contributed by atoms with van der Waals surface area (Å²) in [5.41, 5.74) is 2.77. The Labute approximate surface area is 124 Å². The van der Waals surface area contributed by atoms with E-state index in [2.05, 4.69) is 55.3 Å². The van der Waals surface area contributed by atoms with E-state index in [0.717, 1.165) is 26.1 Å². The average Bonchev–Trinajstić information content (AvgIpc) is 2.45. The van der Waals surface area contributed by atoms with Crippen molar-refractivity contribution in [1.29, 1.82) is 0 Å². The van der Waals surface area contributed by atoms with Crippen molar-refractivity contribution >= 4 is 0 Å². The summed E-state index contributed by atoms with van der Waals surface area (Å²) in [4.78, 5) is 2.48. The fraction of sp³-hybridized carbons (Fsp3) is 0.647. The summed E-state index contributed by atoms with van der Waals surface area (Å²) >= 11 is 0. The van der Waals surface area contributed by atoms with Gasteiger partial charge in [0.2, 0.25) is 0 Å². The molecule has 2 unspecified atom stereocenters. The smallest absolute Gasteiger partial charge is 0.0615 e. The first-order valence-electron chi connectivity index (χ1n) is 7.59. The first-order chi connectivity index (χ1) is 9.63. The van der Waals surface area contributed by atoms with E-state index < -0.39 is 0 Å². The van der Waals surface area contributed by atoms with Crippen LogP contribution in [0.5, 0.6) is 0 Å². The Morgan fingerprint density at radius 2 is 2.00 bits per heavy atom. The molecule has 1 aromatic rings. The second-order valence-electron chi connectivity index (χ2n) is 5.42. The van der Waals surface area contributed by atoms with Crippen LogP contribution in [-0.2, 0) is 4.74 Å². The number of ether oxygens (including phenoxy) is 1. The Balaban J connectivity index is 2.63. The largest absolute Gasteiger partial charge is 0.383 e. The van der Waals surface area contributed by atoms with Crippen molar-refractivity contribution in [2.24, 2.45) is 0 Å². The van der Waals surface area contributed by atoms with Crippen LogP contribution in [0, 0.1) is 6.92 Å². The Hall–Kier alpha value is -0.900. The van der Waals surface area contributed by atoms with Crippen LogP contribution in [0.15, 0.2) is 24.3 Å². The number of likely N-dealkylation sites (N-methyl/N-ethyl adjacent to an activating group) is 1. The highest BCUT2D eigenvalue weighted by Crippen LogP contribution is 2.20. The molecule has 0 aliphatic heterocycles. The minimum Gasteiger partial charge on any atom is -0.383 e. The molecule has 3 nitrogen and oxygen atoms in total. The molecule has 0 heterocycles. The van der Waals surface area contributed by atoms with Crippen LogP contribution in [0.4, 0.5) is 0 Å². The molecular weight excluding hydrogens is 248 g/mol. The number of rotatable bonds is 9. The van der Waals surface area contributed by atoms with Crippen molar-refractivity contribution in [3.63, 3.8) is 0 Å². The number of aryl methyl sites for hydroxylation is 1. The zero-order valence-electron chi connectivity index (χ0n) is 13.6. The minimum atomic E-state index is 0.417. The molecule has 3 heteroatoms. The highest BCUT2D eigenvalue weighted by molar-refractivity contribution is 5.28. The van der Waals surface area contributed by atoms with Gasteiger partial charge >= 0.3 is 0 Å². The van der Waals surface area contributed by atoms with Gasteiger partial charge in [0.15, 0.2) is 0 Å². The van der Waals surface area contributed by atoms with Crippen molar-refractivity contribution in [2.75, 3.05) is 33.9 Å². The molecule has 20 heavy (non-hydrogen) atoms. The lowest BCUT2D eigenvalue weighted by atomic mass is 9.98. The molecule has 0 radical (unpaired) electrons. The zero-order chi connectivity index (χ0) is 15.0. The number of nitrogens with zero attached hydrogens (tertiary/aromatic N) is 1. The van der Waals surface area contributed by atoms with Crippen molar-refractivity contribution in [2.45, 2.75) is 39.3 Å². The SMILES string of the molecule is CCN(CCC(NC)c1ccccc1C)C(C)COC. The molecule has 1 N–H and O–H groups in total. The van der Waals surface area contributed by atoms with Gasteiger partial charge in [0, 0.05) is 25.7 Å². The van der Waals surface area contributed by atoms with Crippen molar-refractivity contribution in [3.05, 3.63) is 35.4 Å². The van der Waals surface area contributed by atoms with Crippen molar-refractivity contribution in [1.82, 2.24) is 10.2 Å². The van der Waals surface area contributed by atoms with Crippen LogP contribution in [0.3, 0.4) is 0 Å². The molecule has 0 saturated carbocycles. The summed E-state index contributed by atoms with van der Waals surface area (Å²) in [5, 5.41) is 3.45. The van der Waals surface area contributed by atoms with Gasteiger partial charge in [0.1, 0.15) is 0 Å². The normalized spacial score (nSPS) is 14.5. The van der Waals surface area contributed by atoms with Gasteiger partial charge in [-0.15, -0.1) is 0 Å². The lowest BCUT2D eigenvalue weighted by Gasteiger charge is -2.29. The van der Waals surface area contributed by atoms with Gasteiger partial charge in [0.25, 0.3) is 0 Å². The van der Waals surface area contributed by atoms with Gasteiger partial charge in [-0.1, -0.05) is 31.2 Å². The molecule has 0 spiro atoms. The molecule has 1 aromatic carbocycles. The monoisotopic (exact) mass is 278 g/mol. The highest BCUT2D eigenvalue weighted by atomic mass is 16.5. The first-order valence-corrected chi connectivity index (χ1v) is 7.59. The van der Waals surface area contributed by atoms with E-state index in [1.54, 1.807) is 7.11 Å². The minimum absolute atomic E-state index is 0.417. The third-order valence-electron chi connectivity index (χ3n) is 4.05. The second-order valence-corrected chi connectivity index (χ2v) is 5.42. The maximum Gasteiger partial charge on any atom is 0.0615 e. The van der Waals surface area contributed by atoms with Crippen molar-refractivity contribution in [3.8, 4) is 0 Å². The standard InChI is InChI=1S/C17H30N2O/c1-6-19(15(3)13-20-5)12-11-17(18-4)16-10-8-7-9-14(16)2/h7-10,15,17-18H,6,11-13H2,1-5H3. The first kappa shape index (κ1) is 17.2. The molecule has 114 valence electrons. The molecule has 0 amide bonds. The topological polar surface area (TPSA) is 24.5 Å². The quantitative estimate of drug-likeness (QED) is 0.751. The van der Waals surface area contributed by atoms with Crippen LogP contribution in [0.25, 0.3) is 0 Å². The van der Waals surface area contributed by atoms with Gasteiger partial charge < -0.3 is 10.1 Å². The number of hydrogen-bond donors (Lipinski definition) is 1. The summed E-state index contributed by atoms with van der Waals surface area (Å²) < 4.78 is 5.27. The molecule has 2 atom stereocenters. The van der Waals surface area contributed by atoms with Gasteiger partial charge in [0.05, 0.1) is 6.61 Å². The van der Waals surface area contributed by atoms with E-state index in [9.17, 15) is 0 Å². The Kier molecular flexibility index (Phi) is 7.82. The summed E-state index contributed by atoms with van der Waals surface area (Å²) in [6, 6.07) is 9.53. The summed E-state index contributed by atoms with van der Waals surface area (Å²) in [5.74, 6) is 0. The number of methoxy groups -OCH3 is 1. The van der Waals surface area contributed by atoms with Crippen molar-refractivity contribution < 1.29 is 4.74 Å². The molecular formula is C17H30N2O. The van der Waals surface area contributed by atoms with Gasteiger partial charge in [-0.3, -0.25) is 4.90 Å². The third-order valence-corrected chi connectivity index (χ3v) is 4.05. The molecule has 0 bridgehead atoms. The fourth-order valence-electron chi connectivity index (χ4n) is 2.76. The zero-order valence-corrected chi connectivity index (χ0v) is 13.6. The summed E-state index contributed by atoms with van der Waals surface area (Å²) in [6.45, 7) is 9.58. The molecule has 0 fully saturated rings. The van der Waals surface area contributed by atoms with Crippen LogP contribution >= 0.6 is 0 Å². The Morgan fingerprint density at radius 3 is 2.55 bits per heavy atom. The second kappa shape index (κ2) is 9.11. The average molecular weight is 278 g/mol. The lowest BCUT2D eigenvalue weighted by molar-refractivity contribution is 0.0998. The number of benzene rings is 1. The maximum atomic E-state index is 5.27. The van der Waals surface area contributed by atoms with Crippen LogP contribution in [0.1, 0.15) is 37.4 Å². The van der Waals surface area contributed by atoms with E-state index in [4.69, 9.17) is 4.74 Å². The summed E-state index contributed by atoms with van der Waals surface area (Å²) in [6.07, 6.45) is 1.11. The van der Waals surface area contributed by atoms with E-state index in [1.807, 2.05) is 7.05 Å². The van der Waals surface area contributed by atoms with Gasteiger partial charge in [-0.25, -0.2) is 0 Å². The molecule has 0 aliphatic carbocycles. The van der Waals surface area contributed by atoms with Gasteiger partial charge in [-0.2, -0.15) is 0 Å². The van der Waals surface area contributed by atoms with E-state index in [-0.39, 0.29) is 0 Å². The Bertz CT molecular complexity index is 381. The van der Waals surface area contributed by atoms with Crippen LogP contribution in [0.2, 0.25) is 0 Å². The van der Waals surface area contributed by atoms with Crippen LogP contribution < -0.4 is 5.32 Å². The molecule has 0 aliphatic rings. The molecule has 0 saturated heterocycles.